The van der Waals surface area contributed by atoms with E-state index in [9.17, 15) is 0 Å². The van der Waals surface area contributed by atoms with Crippen LogP contribution in [0.25, 0.3) is 0 Å². The van der Waals surface area contributed by atoms with E-state index in [1.54, 1.807) is 6.42 Å². The highest BCUT2D eigenvalue weighted by molar-refractivity contribution is 4.84. The summed E-state index contributed by atoms with van der Waals surface area (Å²) in [5.74, 6) is 2.26. The van der Waals surface area contributed by atoms with Gasteiger partial charge in [-0.2, -0.15) is 0 Å². The zero-order valence-corrected chi connectivity index (χ0v) is 8.10. The first kappa shape index (κ1) is 9.09. The molecular weight excluding hydrogens is 132 g/mol. The van der Waals surface area contributed by atoms with E-state index in [2.05, 4.69) is 13.8 Å². The quantitative estimate of drug-likeness (QED) is 0.507. The number of hydrogen-bond donors (Lipinski definition) is 0. The van der Waals surface area contributed by atoms with Crippen LogP contribution in [0.15, 0.2) is 0 Å². The Labute approximate surface area is 71.4 Å². The van der Waals surface area contributed by atoms with Crippen LogP contribution in [0.4, 0.5) is 0 Å². The predicted octanol–water partition coefficient (Wildman–Crippen LogP) is 4.00. The molecule has 0 spiro atoms. The molecule has 0 saturated heterocycles. The Bertz CT molecular complexity index is 96.2. The minimum Gasteiger partial charge on any atom is -0.0654 e. The summed E-state index contributed by atoms with van der Waals surface area (Å²) in [6, 6.07) is 0. The highest BCUT2D eigenvalue weighted by Gasteiger charge is 2.33. The number of rotatable bonds is 6. The summed E-state index contributed by atoms with van der Waals surface area (Å²) in [7, 11) is 0. The van der Waals surface area contributed by atoms with Crippen molar-refractivity contribution in [1.29, 1.82) is 0 Å². The van der Waals surface area contributed by atoms with Crippen molar-refractivity contribution in [1.82, 2.24) is 0 Å². The predicted molar refractivity (Wildman–Crippen MR) is 50.6 cm³/mol. The molecule has 1 aliphatic carbocycles. The molecule has 0 bridgehead atoms. The van der Waals surface area contributed by atoms with E-state index in [1.165, 1.54) is 38.5 Å². The molecule has 0 aromatic heterocycles. The molecule has 0 N–H and O–H groups in total. The molecule has 0 aromatic rings. The normalized spacial score (nSPS) is 28.9. The zero-order chi connectivity index (χ0) is 8.10. The third-order valence-corrected chi connectivity index (χ3v) is 3.02. The highest BCUT2D eigenvalue weighted by Crippen LogP contribution is 2.44. The minimum atomic E-state index is 1.12. The molecule has 0 heterocycles. The summed E-state index contributed by atoms with van der Waals surface area (Å²) in [6.45, 7) is 4.61. The minimum absolute atomic E-state index is 1.12. The first-order chi connectivity index (χ1) is 5.38. The zero-order valence-electron chi connectivity index (χ0n) is 8.10. The van der Waals surface area contributed by atoms with Gasteiger partial charge in [-0.05, 0) is 18.3 Å². The second-order valence-corrected chi connectivity index (χ2v) is 4.01. The van der Waals surface area contributed by atoms with Gasteiger partial charge in [-0.15, -0.1) is 0 Å². The van der Waals surface area contributed by atoms with Gasteiger partial charge in [0.15, 0.2) is 0 Å². The lowest BCUT2D eigenvalue weighted by Gasteiger charge is -1.97. The van der Waals surface area contributed by atoms with Crippen molar-refractivity contribution >= 4 is 0 Å². The van der Waals surface area contributed by atoms with E-state index in [-0.39, 0.29) is 0 Å². The fraction of sp³-hybridized carbons (Fsp3) is 1.00. The van der Waals surface area contributed by atoms with Gasteiger partial charge >= 0.3 is 0 Å². The van der Waals surface area contributed by atoms with Gasteiger partial charge in [0.1, 0.15) is 0 Å². The maximum atomic E-state index is 2.33. The van der Waals surface area contributed by atoms with Crippen LogP contribution < -0.4 is 0 Å². The summed E-state index contributed by atoms with van der Waals surface area (Å²) in [4.78, 5) is 0. The average molecular weight is 154 g/mol. The van der Waals surface area contributed by atoms with E-state index in [1.807, 2.05) is 0 Å². The van der Waals surface area contributed by atoms with Gasteiger partial charge in [0, 0.05) is 0 Å². The molecule has 1 rings (SSSR count). The molecule has 1 aliphatic rings. The molecule has 0 heteroatoms. The molecule has 1 saturated carbocycles. The summed E-state index contributed by atoms with van der Waals surface area (Å²) in [6.07, 6.45) is 10.3. The second kappa shape index (κ2) is 4.79. The SMILES string of the molecule is CCCCCC[C@H]1C[C@@H]1CC. The first-order valence-corrected chi connectivity index (χ1v) is 5.38. The number of unbranched alkanes of at least 4 members (excludes halogenated alkanes) is 3. The van der Waals surface area contributed by atoms with Crippen LogP contribution in [0.1, 0.15) is 58.8 Å². The third-order valence-electron chi connectivity index (χ3n) is 3.02. The maximum Gasteiger partial charge on any atom is -0.0383 e. The van der Waals surface area contributed by atoms with Crippen molar-refractivity contribution in [2.75, 3.05) is 0 Å². The maximum absolute atomic E-state index is 2.33. The van der Waals surface area contributed by atoms with E-state index in [0.29, 0.717) is 0 Å². The van der Waals surface area contributed by atoms with Crippen LogP contribution in [0.2, 0.25) is 0 Å². The Hall–Kier alpha value is 0. The van der Waals surface area contributed by atoms with Crippen LogP contribution in [0.3, 0.4) is 0 Å². The Morgan fingerprint density at radius 2 is 1.82 bits per heavy atom. The van der Waals surface area contributed by atoms with Crippen LogP contribution >= 0.6 is 0 Å². The summed E-state index contributed by atoms with van der Waals surface area (Å²) < 4.78 is 0. The first-order valence-electron chi connectivity index (χ1n) is 5.38. The van der Waals surface area contributed by atoms with Gasteiger partial charge in [0.05, 0.1) is 0 Å². The van der Waals surface area contributed by atoms with Crippen molar-refractivity contribution in [3.63, 3.8) is 0 Å². The largest absolute Gasteiger partial charge is 0.0654 e. The lowest BCUT2D eigenvalue weighted by Crippen LogP contribution is -1.82. The van der Waals surface area contributed by atoms with Gasteiger partial charge in [-0.1, -0.05) is 52.4 Å². The topological polar surface area (TPSA) is 0 Å². The van der Waals surface area contributed by atoms with Crippen molar-refractivity contribution in [3.05, 3.63) is 0 Å². The smallest absolute Gasteiger partial charge is 0.0383 e. The Balaban J connectivity index is 1.82. The van der Waals surface area contributed by atoms with Crippen molar-refractivity contribution in [2.45, 2.75) is 58.8 Å². The molecule has 0 radical (unpaired) electrons. The van der Waals surface area contributed by atoms with E-state index in [0.717, 1.165) is 11.8 Å². The molecule has 0 amide bonds. The third kappa shape index (κ3) is 3.27. The monoisotopic (exact) mass is 154 g/mol. The van der Waals surface area contributed by atoms with Crippen LogP contribution in [0.5, 0.6) is 0 Å². The van der Waals surface area contributed by atoms with Crippen LogP contribution in [0, 0.1) is 11.8 Å². The van der Waals surface area contributed by atoms with Crippen molar-refractivity contribution < 1.29 is 0 Å². The van der Waals surface area contributed by atoms with Gasteiger partial charge in [0.25, 0.3) is 0 Å². The Morgan fingerprint density at radius 3 is 2.36 bits per heavy atom. The summed E-state index contributed by atoms with van der Waals surface area (Å²) in [5.41, 5.74) is 0. The van der Waals surface area contributed by atoms with E-state index in [4.69, 9.17) is 0 Å². The highest BCUT2D eigenvalue weighted by atomic mass is 14.4. The van der Waals surface area contributed by atoms with Crippen molar-refractivity contribution in [2.24, 2.45) is 11.8 Å². The fourth-order valence-electron chi connectivity index (χ4n) is 2.00. The van der Waals surface area contributed by atoms with Crippen LogP contribution in [-0.2, 0) is 0 Å². The number of hydrogen-bond acceptors (Lipinski definition) is 0. The van der Waals surface area contributed by atoms with Gasteiger partial charge < -0.3 is 0 Å². The fourth-order valence-corrected chi connectivity index (χ4v) is 2.00. The molecule has 0 nitrogen and oxygen atoms in total. The Kier molecular flexibility index (Phi) is 3.96. The molecule has 11 heavy (non-hydrogen) atoms. The second-order valence-electron chi connectivity index (χ2n) is 4.01. The molecule has 66 valence electrons. The van der Waals surface area contributed by atoms with Gasteiger partial charge in [0.2, 0.25) is 0 Å². The van der Waals surface area contributed by atoms with E-state index < -0.39 is 0 Å². The summed E-state index contributed by atoms with van der Waals surface area (Å²) in [5, 5.41) is 0. The standard InChI is InChI=1S/C11H22/c1-3-5-6-7-8-11-9-10(11)4-2/h10-11H,3-9H2,1-2H3/t10-,11-/m0/s1. The molecule has 0 aromatic carbocycles. The van der Waals surface area contributed by atoms with Crippen LogP contribution in [-0.4, -0.2) is 0 Å². The molecule has 1 fully saturated rings. The van der Waals surface area contributed by atoms with E-state index >= 15 is 0 Å². The molecule has 0 aliphatic heterocycles. The van der Waals surface area contributed by atoms with Gasteiger partial charge in [-0.3, -0.25) is 0 Å². The lowest BCUT2D eigenvalue weighted by atomic mass is 10.1. The lowest BCUT2D eigenvalue weighted by molar-refractivity contribution is 0.562. The Morgan fingerprint density at radius 1 is 1.00 bits per heavy atom. The molecular formula is C11H22. The average Bonchev–Trinajstić information content (AvgIpc) is 2.77. The molecule has 0 unspecified atom stereocenters. The van der Waals surface area contributed by atoms with Gasteiger partial charge in [-0.25, -0.2) is 0 Å². The summed E-state index contributed by atoms with van der Waals surface area (Å²) >= 11 is 0. The molecule has 2 atom stereocenters. The van der Waals surface area contributed by atoms with Crippen molar-refractivity contribution in [3.8, 4) is 0 Å².